The number of carbonyl (C=O) groups excluding carboxylic acids is 1. The van der Waals surface area contributed by atoms with Crippen molar-refractivity contribution in [2.45, 2.75) is 18.9 Å². The number of thiocarbonyl (C=S) groups is 1. The molecule has 0 aromatic heterocycles. The molecular weight excluding hydrogens is 272 g/mol. The molecule has 1 aromatic carbocycles. The Labute approximate surface area is 114 Å². The molecule has 0 fully saturated rings. The minimum atomic E-state index is -1.37. The van der Waals surface area contributed by atoms with Gasteiger partial charge in [0.05, 0.1) is 6.42 Å². The van der Waals surface area contributed by atoms with Crippen LogP contribution in [0.2, 0.25) is 0 Å². The van der Waals surface area contributed by atoms with Gasteiger partial charge in [-0.05, 0) is 23.1 Å². The van der Waals surface area contributed by atoms with E-state index in [0.29, 0.717) is 5.56 Å². The average Bonchev–Trinajstić information content (AvgIpc) is 2.33. The van der Waals surface area contributed by atoms with E-state index in [9.17, 15) is 14.7 Å². The Morgan fingerprint density at radius 1 is 1.32 bits per heavy atom. The first kappa shape index (κ1) is 14.9. The van der Waals surface area contributed by atoms with E-state index in [2.05, 4.69) is 12.2 Å². The number of aliphatic carboxylic acids is 1. The molecule has 0 bridgehead atoms. The molecule has 0 saturated heterocycles. The number of benzene rings is 1. The summed E-state index contributed by atoms with van der Waals surface area (Å²) < 4.78 is 4.75. The third-order valence-corrected chi connectivity index (χ3v) is 2.43. The summed E-state index contributed by atoms with van der Waals surface area (Å²) in [6.07, 6.45) is -1.64. The van der Waals surface area contributed by atoms with Crippen molar-refractivity contribution in [3.8, 4) is 11.5 Å². The van der Waals surface area contributed by atoms with E-state index < -0.39 is 18.0 Å². The molecule has 0 spiro atoms. The van der Waals surface area contributed by atoms with E-state index >= 15 is 0 Å². The molecule has 0 aliphatic rings. The molecular formula is C12H12O6S. The van der Waals surface area contributed by atoms with Crippen molar-refractivity contribution in [2.24, 2.45) is 0 Å². The first-order chi connectivity index (χ1) is 8.93. The molecule has 1 rings (SSSR count). The number of rotatable bonds is 6. The van der Waals surface area contributed by atoms with Gasteiger partial charge in [-0.1, -0.05) is 18.3 Å². The van der Waals surface area contributed by atoms with Gasteiger partial charge in [-0.15, -0.1) is 0 Å². The number of carbonyl (C=O) groups is 2. The number of hydrogen-bond acceptors (Lipinski definition) is 6. The normalized spacial score (nSPS) is 11.6. The second-order valence-electron chi connectivity index (χ2n) is 3.71. The third-order valence-electron chi connectivity index (χ3n) is 2.26. The predicted octanol–water partition coefficient (Wildman–Crippen LogP) is 1.03. The number of phenolic OH excluding ortho intramolecular Hbond substituents is 2. The number of carboxylic acids is 1. The number of phenols is 2. The van der Waals surface area contributed by atoms with E-state index in [1.165, 1.54) is 18.2 Å². The molecule has 1 atom stereocenters. The zero-order valence-electron chi connectivity index (χ0n) is 9.78. The van der Waals surface area contributed by atoms with Crippen LogP contribution in [-0.4, -0.2) is 38.7 Å². The van der Waals surface area contributed by atoms with Crippen LogP contribution in [-0.2, 0) is 20.7 Å². The Bertz CT molecular complexity index is 499. The van der Waals surface area contributed by atoms with Gasteiger partial charge >= 0.3 is 11.9 Å². The number of carboxylic acid groups (broad SMARTS) is 1. The SMILES string of the molecule is O=C(CC=S)OC(Cc1ccc(O)c(O)c1)C(=O)O. The van der Waals surface area contributed by atoms with Crippen LogP contribution in [0.4, 0.5) is 0 Å². The van der Waals surface area contributed by atoms with Crippen LogP contribution in [0.25, 0.3) is 0 Å². The fraction of sp³-hybridized carbons (Fsp3) is 0.250. The molecule has 3 N–H and O–H groups in total. The minimum absolute atomic E-state index is 0.119. The summed E-state index contributed by atoms with van der Waals surface area (Å²) in [6.45, 7) is 0. The van der Waals surface area contributed by atoms with Gasteiger partial charge in [-0.3, -0.25) is 4.79 Å². The van der Waals surface area contributed by atoms with E-state index in [1.54, 1.807) is 0 Å². The fourth-order valence-corrected chi connectivity index (χ4v) is 1.50. The molecule has 19 heavy (non-hydrogen) atoms. The summed E-state index contributed by atoms with van der Waals surface area (Å²) in [6, 6.07) is 3.86. The number of ether oxygens (including phenoxy) is 1. The third kappa shape index (κ3) is 4.55. The van der Waals surface area contributed by atoms with Crippen LogP contribution in [0.1, 0.15) is 12.0 Å². The summed E-state index contributed by atoms with van der Waals surface area (Å²) in [5.74, 6) is -2.71. The number of esters is 1. The second-order valence-corrected chi connectivity index (χ2v) is 4.05. The van der Waals surface area contributed by atoms with Crippen LogP contribution in [0.5, 0.6) is 11.5 Å². The van der Waals surface area contributed by atoms with Crippen molar-refractivity contribution < 1.29 is 29.6 Å². The highest BCUT2D eigenvalue weighted by Gasteiger charge is 2.22. The first-order valence-corrected chi connectivity index (χ1v) is 5.78. The van der Waals surface area contributed by atoms with Crippen LogP contribution in [0.3, 0.4) is 0 Å². The van der Waals surface area contributed by atoms with Gasteiger partial charge in [0.1, 0.15) is 0 Å². The van der Waals surface area contributed by atoms with Crippen molar-refractivity contribution in [3.63, 3.8) is 0 Å². The number of aromatic hydroxyl groups is 2. The lowest BCUT2D eigenvalue weighted by Gasteiger charge is -2.13. The number of hydrogen-bond donors (Lipinski definition) is 3. The van der Waals surface area contributed by atoms with E-state index in [0.717, 1.165) is 5.37 Å². The largest absolute Gasteiger partial charge is 0.504 e. The summed E-state index contributed by atoms with van der Waals surface area (Å²) in [7, 11) is 0. The van der Waals surface area contributed by atoms with Crippen LogP contribution < -0.4 is 0 Å². The van der Waals surface area contributed by atoms with Crippen LogP contribution in [0, 0.1) is 0 Å². The monoisotopic (exact) mass is 284 g/mol. The van der Waals surface area contributed by atoms with Gasteiger partial charge in [-0.25, -0.2) is 4.79 Å². The fourth-order valence-electron chi connectivity index (χ4n) is 1.36. The lowest BCUT2D eigenvalue weighted by atomic mass is 10.1. The van der Waals surface area contributed by atoms with Crippen LogP contribution in [0.15, 0.2) is 18.2 Å². The standard InChI is InChI=1S/C12H12O6S/c13-8-2-1-7(5-9(8)14)6-10(12(16)17)18-11(15)3-4-19/h1-2,4-5,10,13-14H,3,6H2,(H,16,17). The summed E-state index contributed by atoms with van der Waals surface area (Å²) in [5.41, 5.74) is 0.415. The topological polar surface area (TPSA) is 104 Å². The molecule has 0 heterocycles. The Morgan fingerprint density at radius 2 is 2.00 bits per heavy atom. The summed E-state index contributed by atoms with van der Waals surface area (Å²) in [5, 5.41) is 28.5. The zero-order chi connectivity index (χ0) is 14.4. The summed E-state index contributed by atoms with van der Waals surface area (Å²) >= 11 is 4.47. The highest BCUT2D eigenvalue weighted by molar-refractivity contribution is 7.79. The molecule has 0 saturated carbocycles. The Kier molecular flexibility index (Phi) is 5.25. The van der Waals surface area contributed by atoms with Crippen molar-refractivity contribution >= 4 is 29.5 Å². The van der Waals surface area contributed by atoms with Gasteiger partial charge in [0.25, 0.3) is 0 Å². The molecule has 0 aliphatic carbocycles. The highest BCUT2D eigenvalue weighted by atomic mass is 32.1. The van der Waals surface area contributed by atoms with Gasteiger partial charge in [0.15, 0.2) is 11.5 Å². The predicted molar refractivity (Wildman–Crippen MR) is 69.3 cm³/mol. The van der Waals surface area contributed by atoms with Gasteiger partial charge < -0.3 is 20.1 Å². The molecule has 6 nitrogen and oxygen atoms in total. The quantitative estimate of drug-likeness (QED) is 0.407. The van der Waals surface area contributed by atoms with Gasteiger partial charge in [0.2, 0.25) is 6.10 Å². The van der Waals surface area contributed by atoms with E-state index in [4.69, 9.17) is 14.9 Å². The smallest absolute Gasteiger partial charge is 0.345 e. The first-order valence-electron chi connectivity index (χ1n) is 5.30. The second kappa shape index (κ2) is 6.69. The van der Waals surface area contributed by atoms with E-state index in [1.807, 2.05) is 0 Å². The summed E-state index contributed by atoms with van der Waals surface area (Å²) in [4.78, 5) is 22.2. The van der Waals surface area contributed by atoms with Crippen molar-refractivity contribution in [3.05, 3.63) is 23.8 Å². The minimum Gasteiger partial charge on any atom is -0.504 e. The van der Waals surface area contributed by atoms with Crippen LogP contribution >= 0.6 is 12.2 Å². The molecule has 1 unspecified atom stereocenters. The lowest BCUT2D eigenvalue weighted by molar-refractivity contribution is -0.162. The maximum atomic E-state index is 11.2. The Balaban J connectivity index is 2.78. The van der Waals surface area contributed by atoms with Crippen molar-refractivity contribution in [1.29, 1.82) is 0 Å². The maximum absolute atomic E-state index is 11.2. The van der Waals surface area contributed by atoms with Gasteiger partial charge in [0, 0.05) is 6.42 Å². The van der Waals surface area contributed by atoms with Crippen molar-refractivity contribution in [2.75, 3.05) is 0 Å². The van der Waals surface area contributed by atoms with Gasteiger partial charge in [-0.2, -0.15) is 0 Å². The average molecular weight is 284 g/mol. The highest BCUT2D eigenvalue weighted by Crippen LogP contribution is 2.25. The Hall–Kier alpha value is -2.15. The lowest BCUT2D eigenvalue weighted by Crippen LogP contribution is -2.29. The molecule has 1 aromatic rings. The Morgan fingerprint density at radius 3 is 2.53 bits per heavy atom. The molecule has 0 aliphatic heterocycles. The molecule has 7 heteroatoms. The van der Waals surface area contributed by atoms with Crippen molar-refractivity contribution in [1.82, 2.24) is 0 Å². The molecule has 0 amide bonds. The maximum Gasteiger partial charge on any atom is 0.345 e. The zero-order valence-corrected chi connectivity index (χ0v) is 10.6. The molecule has 102 valence electrons. The molecule has 0 radical (unpaired) electrons. The van der Waals surface area contributed by atoms with E-state index in [-0.39, 0.29) is 24.3 Å².